The number of piperidine rings is 1. The van der Waals surface area contributed by atoms with Crippen LogP contribution in [-0.2, 0) is 0 Å². The molecule has 2 aliphatic rings. The summed E-state index contributed by atoms with van der Waals surface area (Å²) < 4.78 is 0. The minimum Gasteiger partial charge on any atom is -0.330 e. The highest BCUT2D eigenvalue weighted by Gasteiger charge is 2.26. The van der Waals surface area contributed by atoms with Crippen LogP contribution >= 0.6 is 0 Å². The first-order valence-electron chi connectivity index (χ1n) is 7.89. The SMILES string of the molecule is CC(C)N1CCCC(N2CCC(CN)CC2)CC1. The average molecular weight is 253 g/mol. The number of nitrogens with zero attached hydrogens (tertiary/aromatic N) is 2. The Bertz CT molecular complexity index is 234. The Kier molecular flexibility index (Phi) is 5.46. The van der Waals surface area contributed by atoms with E-state index < -0.39 is 0 Å². The highest BCUT2D eigenvalue weighted by molar-refractivity contribution is 4.82. The van der Waals surface area contributed by atoms with Gasteiger partial charge in [0, 0.05) is 12.1 Å². The second-order valence-corrected chi connectivity index (χ2v) is 6.43. The highest BCUT2D eigenvalue weighted by Crippen LogP contribution is 2.23. The topological polar surface area (TPSA) is 32.5 Å². The lowest BCUT2D eigenvalue weighted by molar-refractivity contribution is 0.121. The van der Waals surface area contributed by atoms with E-state index in [4.69, 9.17) is 5.73 Å². The summed E-state index contributed by atoms with van der Waals surface area (Å²) in [6.07, 6.45) is 6.78. The Morgan fingerprint density at radius 2 is 1.72 bits per heavy atom. The molecule has 0 aromatic rings. The summed E-state index contributed by atoms with van der Waals surface area (Å²) >= 11 is 0. The maximum Gasteiger partial charge on any atom is 0.0108 e. The van der Waals surface area contributed by atoms with Crippen LogP contribution in [0.15, 0.2) is 0 Å². The quantitative estimate of drug-likeness (QED) is 0.834. The molecule has 3 heteroatoms. The fourth-order valence-electron chi connectivity index (χ4n) is 3.54. The van der Waals surface area contributed by atoms with Gasteiger partial charge in [-0.25, -0.2) is 0 Å². The number of nitrogens with two attached hydrogens (primary N) is 1. The molecule has 2 aliphatic heterocycles. The van der Waals surface area contributed by atoms with E-state index in [9.17, 15) is 0 Å². The summed E-state index contributed by atoms with van der Waals surface area (Å²) in [7, 11) is 0. The molecule has 106 valence electrons. The molecular weight excluding hydrogens is 222 g/mol. The second kappa shape index (κ2) is 6.88. The molecule has 0 aliphatic carbocycles. The smallest absolute Gasteiger partial charge is 0.0108 e. The van der Waals surface area contributed by atoms with Crippen LogP contribution in [0.1, 0.15) is 46.0 Å². The van der Waals surface area contributed by atoms with E-state index in [1.807, 2.05) is 0 Å². The van der Waals surface area contributed by atoms with Gasteiger partial charge in [-0.15, -0.1) is 0 Å². The van der Waals surface area contributed by atoms with Crippen LogP contribution in [0.3, 0.4) is 0 Å². The molecule has 0 spiro atoms. The number of likely N-dealkylation sites (tertiary alicyclic amines) is 2. The zero-order valence-electron chi connectivity index (χ0n) is 12.3. The maximum absolute atomic E-state index is 5.78. The van der Waals surface area contributed by atoms with Gasteiger partial charge in [-0.05, 0) is 84.6 Å². The Hall–Kier alpha value is -0.120. The maximum atomic E-state index is 5.78. The van der Waals surface area contributed by atoms with Crippen LogP contribution in [0.4, 0.5) is 0 Å². The van der Waals surface area contributed by atoms with Crippen LogP contribution < -0.4 is 5.73 Å². The molecule has 2 saturated heterocycles. The molecule has 1 unspecified atom stereocenters. The van der Waals surface area contributed by atoms with Crippen molar-refractivity contribution in [1.82, 2.24) is 9.80 Å². The van der Waals surface area contributed by atoms with Gasteiger partial charge in [0.2, 0.25) is 0 Å². The molecule has 0 radical (unpaired) electrons. The molecule has 2 heterocycles. The molecule has 1 atom stereocenters. The van der Waals surface area contributed by atoms with Gasteiger partial charge < -0.3 is 15.5 Å². The number of hydrogen-bond donors (Lipinski definition) is 1. The van der Waals surface area contributed by atoms with Crippen LogP contribution in [0.5, 0.6) is 0 Å². The lowest BCUT2D eigenvalue weighted by Crippen LogP contribution is -2.43. The van der Waals surface area contributed by atoms with Crippen LogP contribution in [0.25, 0.3) is 0 Å². The summed E-state index contributed by atoms with van der Waals surface area (Å²) in [6.45, 7) is 10.7. The van der Waals surface area contributed by atoms with Gasteiger partial charge in [0.25, 0.3) is 0 Å². The molecule has 18 heavy (non-hydrogen) atoms. The van der Waals surface area contributed by atoms with Crippen molar-refractivity contribution in [3.8, 4) is 0 Å². The summed E-state index contributed by atoms with van der Waals surface area (Å²) in [5.41, 5.74) is 5.78. The molecule has 2 rings (SSSR count). The summed E-state index contributed by atoms with van der Waals surface area (Å²) in [4.78, 5) is 5.39. The van der Waals surface area contributed by atoms with E-state index in [-0.39, 0.29) is 0 Å². The molecule has 0 amide bonds. The van der Waals surface area contributed by atoms with Gasteiger partial charge in [0.1, 0.15) is 0 Å². The Morgan fingerprint density at radius 3 is 2.33 bits per heavy atom. The van der Waals surface area contributed by atoms with Crippen LogP contribution in [0.2, 0.25) is 0 Å². The number of hydrogen-bond acceptors (Lipinski definition) is 3. The molecular formula is C15H31N3. The third kappa shape index (κ3) is 3.69. The molecule has 2 fully saturated rings. The van der Waals surface area contributed by atoms with Gasteiger partial charge in [0.15, 0.2) is 0 Å². The summed E-state index contributed by atoms with van der Waals surface area (Å²) in [5, 5.41) is 0. The second-order valence-electron chi connectivity index (χ2n) is 6.43. The monoisotopic (exact) mass is 253 g/mol. The van der Waals surface area contributed by atoms with Crippen molar-refractivity contribution < 1.29 is 0 Å². The molecule has 2 N–H and O–H groups in total. The Labute approximate surface area is 113 Å². The minimum atomic E-state index is 0.715. The van der Waals surface area contributed by atoms with Gasteiger partial charge in [-0.3, -0.25) is 0 Å². The normalized spacial score (nSPS) is 29.7. The van der Waals surface area contributed by atoms with Gasteiger partial charge >= 0.3 is 0 Å². The van der Waals surface area contributed by atoms with Crippen molar-refractivity contribution in [3.05, 3.63) is 0 Å². The van der Waals surface area contributed by atoms with E-state index >= 15 is 0 Å². The third-order valence-electron chi connectivity index (χ3n) is 4.96. The molecule has 0 bridgehead atoms. The van der Waals surface area contributed by atoms with E-state index in [1.54, 1.807) is 0 Å². The van der Waals surface area contributed by atoms with E-state index in [2.05, 4.69) is 23.6 Å². The van der Waals surface area contributed by atoms with Gasteiger partial charge in [0.05, 0.1) is 0 Å². The first-order valence-corrected chi connectivity index (χ1v) is 7.89. The zero-order valence-corrected chi connectivity index (χ0v) is 12.3. The van der Waals surface area contributed by atoms with Crippen molar-refractivity contribution in [3.63, 3.8) is 0 Å². The predicted octanol–water partition coefficient (Wildman–Crippen LogP) is 1.92. The van der Waals surface area contributed by atoms with Gasteiger partial charge in [-0.2, -0.15) is 0 Å². The van der Waals surface area contributed by atoms with E-state index in [1.165, 1.54) is 58.3 Å². The summed E-state index contributed by atoms with van der Waals surface area (Å²) in [5.74, 6) is 0.791. The van der Waals surface area contributed by atoms with Crippen LogP contribution in [-0.4, -0.2) is 54.6 Å². The molecule has 3 nitrogen and oxygen atoms in total. The molecule has 0 saturated carbocycles. The van der Waals surface area contributed by atoms with Crippen molar-refractivity contribution in [2.75, 3.05) is 32.7 Å². The highest BCUT2D eigenvalue weighted by atomic mass is 15.2. The molecule has 0 aromatic carbocycles. The van der Waals surface area contributed by atoms with Gasteiger partial charge in [-0.1, -0.05) is 0 Å². The Morgan fingerprint density at radius 1 is 1.00 bits per heavy atom. The van der Waals surface area contributed by atoms with Crippen molar-refractivity contribution in [1.29, 1.82) is 0 Å². The predicted molar refractivity (Wildman–Crippen MR) is 77.7 cm³/mol. The zero-order chi connectivity index (χ0) is 13.0. The lowest BCUT2D eigenvalue weighted by Gasteiger charge is -2.37. The number of rotatable bonds is 3. The summed E-state index contributed by atoms with van der Waals surface area (Å²) in [6, 6.07) is 1.55. The molecule has 0 aromatic heterocycles. The Balaban J connectivity index is 1.80. The minimum absolute atomic E-state index is 0.715. The van der Waals surface area contributed by atoms with E-state index in [0.717, 1.165) is 18.5 Å². The largest absolute Gasteiger partial charge is 0.330 e. The first kappa shape index (κ1) is 14.3. The standard InChI is InChI=1S/C15H31N3/c1-13(2)17-8-3-4-15(7-11-17)18-9-5-14(12-16)6-10-18/h13-15H,3-12,16H2,1-2H3. The first-order chi connectivity index (χ1) is 8.70. The van der Waals surface area contributed by atoms with E-state index in [0.29, 0.717) is 6.04 Å². The van der Waals surface area contributed by atoms with Crippen molar-refractivity contribution >= 4 is 0 Å². The fourth-order valence-corrected chi connectivity index (χ4v) is 3.54. The van der Waals surface area contributed by atoms with Crippen LogP contribution in [0, 0.1) is 5.92 Å². The lowest BCUT2D eigenvalue weighted by atomic mass is 9.94. The third-order valence-corrected chi connectivity index (χ3v) is 4.96. The van der Waals surface area contributed by atoms with Crippen molar-refractivity contribution in [2.45, 2.75) is 58.0 Å². The average Bonchev–Trinajstić information content (AvgIpc) is 2.64. The fraction of sp³-hybridized carbons (Fsp3) is 1.00. The van der Waals surface area contributed by atoms with Crippen molar-refractivity contribution in [2.24, 2.45) is 11.7 Å².